The van der Waals surface area contributed by atoms with E-state index in [9.17, 15) is 9.90 Å². The Labute approximate surface area is 123 Å². The topological polar surface area (TPSA) is 53.4 Å². The normalized spacial score (nSPS) is 17.4. The zero-order chi connectivity index (χ0) is 14.4. The number of hydrogen-bond acceptors (Lipinski definition) is 3. The van der Waals surface area contributed by atoms with Crippen LogP contribution < -0.4 is 4.90 Å². The molecule has 21 heavy (non-hydrogen) atoms. The first-order valence-electron chi connectivity index (χ1n) is 7.68. The minimum absolute atomic E-state index is 0.350. The summed E-state index contributed by atoms with van der Waals surface area (Å²) in [5.74, 6) is -0.871. The fraction of sp³-hybridized carbons (Fsp3) is 0.412. The average Bonchev–Trinajstić information content (AvgIpc) is 3.15. The molecule has 1 aromatic carbocycles. The number of aryl methyl sites for hydroxylation is 1. The van der Waals surface area contributed by atoms with Crippen molar-refractivity contribution in [2.45, 2.75) is 32.1 Å². The Morgan fingerprint density at radius 2 is 1.95 bits per heavy atom. The quantitative estimate of drug-likeness (QED) is 0.920. The molecule has 0 atom stereocenters. The number of anilines is 1. The molecular formula is C17H18N2O2. The maximum atomic E-state index is 11.3. The van der Waals surface area contributed by atoms with Gasteiger partial charge in [-0.05, 0) is 55.9 Å². The van der Waals surface area contributed by atoms with Gasteiger partial charge in [0.25, 0.3) is 0 Å². The number of carbonyl (C=O) groups is 1. The van der Waals surface area contributed by atoms with Gasteiger partial charge in [-0.2, -0.15) is 0 Å². The Morgan fingerprint density at radius 1 is 1.14 bits per heavy atom. The van der Waals surface area contributed by atoms with Gasteiger partial charge in [0.05, 0.1) is 16.8 Å². The second kappa shape index (κ2) is 4.72. The zero-order valence-corrected chi connectivity index (χ0v) is 11.9. The molecule has 1 N–H and O–H groups in total. The highest BCUT2D eigenvalue weighted by atomic mass is 16.4. The largest absolute Gasteiger partial charge is 0.478 e. The summed E-state index contributed by atoms with van der Waals surface area (Å²) in [6.45, 7) is 2.14. The van der Waals surface area contributed by atoms with Crippen LogP contribution in [0.4, 0.5) is 5.69 Å². The summed E-state index contributed by atoms with van der Waals surface area (Å²) < 4.78 is 0. The molecule has 4 nitrogen and oxygen atoms in total. The van der Waals surface area contributed by atoms with Crippen molar-refractivity contribution in [2.24, 2.45) is 0 Å². The standard InChI is InChI=1S/C17H18N2O2/c20-17(21)11-6-7-15-13(10-11)16(19-8-1-2-9-19)12-4-3-5-14(12)18-15/h6-7,10H,1-5,8-9H2,(H,20,21). The number of aromatic nitrogens is 1. The van der Waals surface area contributed by atoms with Crippen molar-refractivity contribution in [1.29, 1.82) is 0 Å². The van der Waals surface area contributed by atoms with Crippen molar-refractivity contribution >= 4 is 22.6 Å². The monoisotopic (exact) mass is 282 g/mol. The third kappa shape index (κ3) is 1.97. The van der Waals surface area contributed by atoms with Crippen molar-refractivity contribution in [3.63, 3.8) is 0 Å². The van der Waals surface area contributed by atoms with Gasteiger partial charge in [0.1, 0.15) is 0 Å². The maximum absolute atomic E-state index is 11.3. The van der Waals surface area contributed by atoms with Crippen LogP contribution in [0.25, 0.3) is 10.9 Å². The number of carboxylic acids is 1. The molecule has 0 radical (unpaired) electrons. The first kappa shape index (κ1) is 12.6. The number of benzene rings is 1. The Kier molecular flexibility index (Phi) is 2.84. The average molecular weight is 282 g/mol. The molecule has 2 heterocycles. The second-order valence-corrected chi connectivity index (χ2v) is 5.97. The van der Waals surface area contributed by atoms with Gasteiger partial charge in [-0.25, -0.2) is 4.79 Å². The van der Waals surface area contributed by atoms with Gasteiger partial charge in [-0.1, -0.05) is 0 Å². The predicted molar refractivity (Wildman–Crippen MR) is 82.2 cm³/mol. The maximum Gasteiger partial charge on any atom is 0.335 e. The highest BCUT2D eigenvalue weighted by Crippen LogP contribution is 2.38. The molecule has 0 spiro atoms. The van der Waals surface area contributed by atoms with Crippen LogP contribution in [-0.4, -0.2) is 29.1 Å². The third-order valence-corrected chi connectivity index (χ3v) is 4.65. The summed E-state index contributed by atoms with van der Waals surface area (Å²) in [5, 5.41) is 10.3. The van der Waals surface area contributed by atoms with E-state index in [4.69, 9.17) is 4.98 Å². The van der Waals surface area contributed by atoms with Crippen LogP contribution in [-0.2, 0) is 12.8 Å². The molecule has 1 aromatic heterocycles. The molecule has 0 unspecified atom stereocenters. The summed E-state index contributed by atoms with van der Waals surface area (Å²) in [5.41, 5.74) is 5.11. The Balaban J connectivity index is 2.00. The van der Waals surface area contributed by atoms with Gasteiger partial charge in [0.2, 0.25) is 0 Å². The molecule has 4 rings (SSSR count). The van der Waals surface area contributed by atoms with Gasteiger partial charge >= 0.3 is 5.97 Å². The second-order valence-electron chi connectivity index (χ2n) is 5.97. The number of nitrogens with zero attached hydrogens (tertiary/aromatic N) is 2. The molecule has 2 aromatic rings. The van der Waals surface area contributed by atoms with Crippen molar-refractivity contribution < 1.29 is 9.90 Å². The fourth-order valence-corrected chi connectivity index (χ4v) is 3.67. The predicted octanol–water partition coefficient (Wildman–Crippen LogP) is 3.02. The third-order valence-electron chi connectivity index (χ3n) is 4.65. The van der Waals surface area contributed by atoms with Crippen molar-refractivity contribution in [3.05, 3.63) is 35.0 Å². The Morgan fingerprint density at radius 3 is 2.71 bits per heavy atom. The van der Waals surface area contributed by atoms with Crippen molar-refractivity contribution in [3.8, 4) is 0 Å². The highest BCUT2D eigenvalue weighted by molar-refractivity contribution is 5.99. The lowest BCUT2D eigenvalue weighted by atomic mass is 10.0. The minimum atomic E-state index is -0.871. The molecule has 1 saturated heterocycles. The Bertz CT molecular complexity index is 733. The molecule has 1 fully saturated rings. The van der Waals surface area contributed by atoms with E-state index in [0.717, 1.165) is 43.3 Å². The van der Waals surface area contributed by atoms with Gasteiger partial charge in [-0.15, -0.1) is 0 Å². The van der Waals surface area contributed by atoms with Gasteiger partial charge in [-0.3, -0.25) is 4.98 Å². The zero-order valence-electron chi connectivity index (χ0n) is 11.9. The number of rotatable bonds is 2. The van der Waals surface area contributed by atoms with Gasteiger partial charge in [0, 0.05) is 24.2 Å². The SMILES string of the molecule is O=C(O)c1ccc2nc3c(c(N4CCCC4)c2c1)CCC3. The van der Waals surface area contributed by atoms with Crippen LogP contribution in [0.5, 0.6) is 0 Å². The fourth-order valence-electron chi connectivity index (χ4n) is 3.67. The van der Waals surface area contributed by atoms with E-state index in [2.05, 4.69) is 4.90 Å². The molecule has 0 saturated carbocycles. The minimum Gasteiger partial charge on any atom is -0.478 e. The Hall–Kier alpha value is -2.10. The number of carboxylic acid groups (broad SMARTS) is 1. The number of fused-ring (bicyclic) bond motifs is 2. The lowest BCUT2D eigenvalue weighted by molar-refractivity contribution is 0.0697. The lowest BCUT2D eigenvalue weighted by Gasteiger charge is -2.23. The summed E-state index contributed by atoms with van der Waals surface area (Å²) in [6, 6.07) is 5.32. The van der Waals surface area contributed by atoms with Crippen LogP contribution in [0.1, 0.15) is 40.9 Å². The summed E-state index contributed by atoms with van der Waals surface area (Å²) in [6.07, 6.45) is 5.72. The van der Waals surface area contributed by atoms with Crippen LogP contribution >= 0.6 is 0 Å². The highest BCUT2D eigenvalue weighted by Gasteiger charge is 2.25. The number of aromatic carboxylic acids is 1. The summed E-state index contributed by atoms with van der Waals surface area (Å²) in [7, 11) is 0. The lowest BCUT2D eigenvalue weighted by Crippen LogP contribution is -2.20. The smallest absolute Gasteiger partial charge is 0.335 e. The number of hydrogen-bond donors (Lipinski definition) is 1. The van der Waals surface area contributed by atoms with Crippen LogP contribution in [0.3, 0.4) is 0 Å². The molecule has 4 heteroatoms. The molecule has 0 bridgehead atoms. The van der Waals surface area contributed by atoms with Gasteiger partial charge in [0.15, 0.2) is 0 Å². The van der Waals surface area contributed by atoms with Gasteiger partial charge < -0.3 is 10.0 Å². The molecule has 1 aliphatic heterocycles. The molecular weight excluding hydrogens is 264 g/mol. The molecule has 108 valence electrons. The van der Waals surface area contributed by atoms with E-state index in [-0.39, 0.29) is 0 Å². The van der Waals surface area contributed by atoms with E-state index >= 15 is 0 Å². The number of pyridine rings is 1. The van der Waals surface area contributed by atoms with E-state index in [0.29, 0.717) is 5.56 Å². The summed E-state index contributed by atoms with van der Waals surface area (Å²) in [4.78, 5) is 18.5. The first-order valence-corrected chi connectivity index (χ1v) is 7.68. The molecule has 0 amide bonds. The molecule has 1 aliphatic carbocycles. The van der Waals surface area contributed by atoms with Crippen molar-refractivity contribution in [2.75, 3.05) is 18.0 Å². The van der Waals surface area contributed by atoms with Crippen molar-refractivity contribution in [1.82, 2.24) is 4.98 Å². The summed E-state index contributed by atoms with van der Waals surface area (Å²) >= 11 is 0. The van der Waals surface area contributed by atoms with Crippen LogP contribution in [0.15, 0.2) is 18.2 Å². The molecule has 2 aliphatic rings. The van der Waals surface area contributed by atoms with E-state index < -0.39 is 5.97 Å². The van der Waals surface area contributed by atoms with E-state index in [1.165, 1.54) is 29.8 Å². The van der Waals surface area contributed by atoms with E-state index in [1.807, 2.05) is 6.07 Å². The van der Waals surface area contributed by atoms with E-state index in [1.54, 1.807) is 12.1 Å². The van der Waals surface area contributed by atoms with Crippen LogP contribution in [0, 0.1) is 0 Å². The first-order chi connectivity index (χ1) is 10.2. The van der Waals surface area contributed by atoms with Crippen LogP contribution in [0.2, 0.25) is 0 Å².